The van der Waals surface area contributed by atoms with Gasteiger partial charge in [-0.1, -0.05) is 23.9 Å². The van der Waals surface area contributed by atoms with Crippen molar-refractivity contribution in [1.82, 2.24) is 19.8 Å². The Morgan fingerprint density at radius 1 is 1.22 bits per heavy atom. The third-order valence-corrected chi connectivity index (χ3v) is 7.43. The zero-order valence-electron chi connectivity index (χ0n) is 17.8. The van der Waals surface area contributed by atoms with E-state index in [1.807, 2.05) is 35.7 Å². The number of hydrogen-bond donors (Lipinski definition) is 0. The molecule has 0 N–H and O–H groups in total. The largest absolute Gasteiger partial charge is 0.493 e. The summed E-state index contributed by atoms with van der Waals surface area (Å²) in [5.74, 6) is 1.47. The van der Waals surface area contributed by atoms with Crippen LogP contribution in [0.3, 0.4) is 0 Å². The van der Waals surface area contributed by atoms with E-state index < -0.39 is 0 Å². The molecule has 1 aliphatic carbocycles. The molecule has 0 bridgehead atoms. The Bertz CT molecular complexity index is 1140. The molecule has 32 heavy (non-hydrogen) atoms. The molecule has 0 spiro atoms. The van der Waals surface area contributed by atoms with Crippen molar-refractivity contribution >= 4 is 34.7 Å². The van der Waals surface area contributed by atoms with Crippen molar-refractivity contribution < 1.29 is 14.3 Å². The number of methoxy groups -OCH3 is 2. The van der Waals surface area contributed by atoms with E-state index in [1.54, 1.807) is 36.9 Å². The molecule has 1 unspecified atom stereocenters. The minimum atomic E-state index is -0.207. The second-order valence-electron chi connectivity index (χ2n) is 7.64. The monoisotopic (exact) mass is 469 g/mol. The molecule has 8 nitrogen and oxygen atoms in total. The Hall–Kier alpha value is -2.85. The second-order valence-corrected chi connectivity index (χ2v) is 9.53. The average Bonchev–Trinajstić information content (AvgIpc) is 3.23. The van der Waals surface area contributed by atoms with Crippen LogP contribution in [0.5, 0.6) is 11.5 Å². The Kier molecular flexibility index (Phi) is 5.88. The Morgan fingerprint density at radius 2 is 2.06 bits per heavy atom. The van der Waals surface area contributed by atoms with Crippen molar-refractivity contribution in [1.29, 1.82) is 0 Å². The number of carbonyl (C=O) groups excluding carboxylic acids is 1. The van der Waals surface area contributed by atoms with Crippen molar-refractivity contribution in [3.05, 3.63) is 52.5 Å². The molecular formula is C22H23N5O3S2. The van der Waals surface area contributed by atoms with Crippen LogP contribution < -0.4 is 9.47 Å². The van der Waals surface area contributed by atoms with Crippen LogP contribution in [0.15, 0.2) is 52.3 Å². The molecule has 5 rings (SSSR count). The van der Waals surface area contributed by atoms with E-state index in [-0.39, 0.29) is 17.7 Å². The van der Waals surface area contributed by atoms with Crippen LogP contribution in [0.2, 0.25) is 0 Å². The third kappa shape index (κ3) is 4.12. The molecule has 10 heteroatoms. The maximum Gasteiger partial charge on any atom is 0.253 e. The fourth-order valence-corrected chi connectivity index (χ4v) is 5.34. The Morgan fingerprint density at radius 3 is 2.78 bits per heavy atom. The number of rotatable bonds is 8. The van der Waals surface area contributed by atoms with Gasteiger partial charge in [-0.3, -0.25) is 4.79 Å². The van der Waals surface area contributed by atoms with E-state index in [1.165, 1.54) is 11.8 Å². The van der Waals surface area contributed by atoms with Gasteiger partial charge in [0.2, 0.25) is 0 Å². The molecule has 166 valence electrons. The summed E-state index contributed by atoms with van der Waals surface area (Å²) in [5, 5.41) is 17.4. The molecule has 0 saturated heterocycles. The number of ether oxygens (including phenoxy) is 2. The summed E-state index contributed by atoms with van der Waals surface area (Å²) in [6.45, 7) is 0. The van der Waals surface area contributed by atoms with Crippen LogP contribution in [0.1, 0.15) is 41.8 Å². The standard InChI is InChI=1S/C22H23N5O3S2/c1-29-18-8-5-14(10-19(18)30-2)17-11-16(20-4-3-9-31-20)25-27(17)21(28)12-32-22-24-23-13-26(22)15-6-7-15/h3-5,8-10,13,15,17H,6-7,11-12H2,1-2H3. The summed E-state index contributed by atoms with van der Waals surface area (Å²) in [5.41, 5.74) is 1.87. The lowest BCUT2D eigenvalue weighted by Crippen LogP contribution is -2.28. The smallest absolute Gasteiger partial charge is 0.253 e. The van der Waals surface area contributed by atoms with Crippen LogP contribution in [0.4, 0.5) is 0 Å². The first kappa shape index (κ1) is 21.0. The molecule has 1 atom stereocenters. The molecule has 2 aromatic heterocycles. The van der Waals surface area contributed by atoms with Gasteiger partial charge >= 0.3 is 0 Å². The molecule has 1 fully saturated rings. The van der Waals surface area contributed by atoms with Gasteiger partial charge in [0.25, 0.3) is 5.91 Å². The van der Waals surface area contributed by atoms with Gasteiger partial charge in [-0.15, -0.1) is 21.5 Å². The SMILES string of the molecule is COc1ccc(C2CC(c3cccs3)=NN2C(=O)CSc2nncn2C2CC2)cc1OC. The molecule has 1 amide bonds. The average molecular weight is 470 g/mol. The van der Waals surface area contributed by atoms with Crippen molar-refractivity contribution in [2.45, 2.75) is 36.5 Å². The number of nitrogens with zero attached hydrogens (tertiary/aromatic N) is 5. The molecular weight excluding hydrogens is 446 g/mol. The maximum absolute atomic E-state index is 13.3. The normalized spacial score (nSPS) is 18.0. The lowest BCUT2D eigenvalue weighted by molar-refractivity contribution is -0.130. The summed E-state index contributed by atoms with van der Waals surface area (Å²) < 4.78 is 12.9. The number of hydrazone groups is 1. The van der Waals surface area contributed by atoms with Crippen LogP contribution >= 0.6 is 23.1 Å². The minimum absolute atomic E-state index is 0.0633. The Balaban J connectivity index is 1.39. The number of thiophene rings is 1. The molecule has 3 heterocycles. The van der Waals surface area contributed by atoms with Crippen molar-refractivity contribution in [3.8, 4) is 11.5 Å². The number of aromatic nitrogens is 3. The molecule has 2 aliphatic rings. The van der Waals surface area contributed by atoms with Crippen molar-refractivity contribution in [3.63, 3.8) is 0 Å². The summed E-state index contributed by atoms with van der Waals surface area (Å²) in [6.07, 6.45) is 4.67. The third-order valence-electron chi connectivity index (χ3n) is 5.57. The molecule has 1 saturated carbocycles. The van der Waals surface area contributed by atoms with E-state index in [9.17, 15) is 4.79 Å². The van der Waals surface area contributed by atoms with Crippen molar-refractivity contribution in [2.24, 2.45) is 5.10 Å². The van der Waals surface area contributed by atoms with Gasteiger partial charge in [0.05, 0.1) is 36.6 Å². The first-order valence-corrected chi connectivity index (χ1v) is 12.2. The lowest BCUT2D eigenvalue weighted by Gasteiger charge is -2.22. The van der Waals surface area contributed by atoms with E-state index >= 15 is 0 Å². The van der Waals surface area contributed by atoms with Crippen LogP contribution in [0, 0.1) is 0 Å². The van der Waals surface area contributed by atoms with E-state index in [4.69, 9.17) is 14.6 Å². The number of thioether (sulfide) groups is 1. The van der Waals surface area contributed by atoms with Gasteiger partial charge in [-0.25, -0.2) is 5.01 Å². The fraction of sp³-hybridized carbons (Fsp3) is 0.364. The van der Waals surface area contributed by atoms with E-state index in [2.05, 4.69) is 14.8 Å². The molecule has 1 aromatic carbocycles. The summed E-state index contributed by atoms with van der Waals surface area (Å²) >= 11 is 3.04. The van der Waals surface area contributed by atoms with Gasteiger partial charge in [0, 0.05) is 12.5 Å². The fourth-order valence-electron chi connectivity index (χ4n) is 3.78. The van der Waals surface area contributed by atoms with E-state index in [0.29, 0.717) is 24.0 Å². The van der Waals surface area contributed by atoms with Crippen LogP contribution in [-0.2, 0) is 4.79 Å². The minimum Gasteiger partial charge on any atom is -0.493 e. The maximum atomic E-state index is 13.3. The molecule has 0 radical (unpaired) electrons. The highest BCUT2D eigenvalue weighted by atomic mass is 32.2. The first-order chi connectivity index (χ1) is 15.7. The van der Waals surface area contributed by atoms with Gasteiger partial charge in [-0.05, 0) is 42.0 Å². The van der Waals surface area contributed by atoms with Gasteiger partial charge in [0.1, 0.15) is 6.33 Å². The predicted octanol–water partition coefficient (Wildman–Crippen LogP) is 4.16. The van der Waals surface area contributed by atoms with Crippen LogP contribution in [-0.4, -0.2) is 51.4 Å². The first-order valence-electron chi connectivity index (χ1n) is 10.4. The van der Waals surface area contributed by atoms with Gasteiger partial charge in [0.15, 0.2) is 16.7 Å². The van der Waals surface area contributed by atoms with Crippen molar-refractivity contribution in [2.75, 3.05) is 20.0 Å². The lowest BCUT2D eigenvalue weighted by atomic mass is 10.0. The van der Waals surface area contributed by atoms with Gasteiger partial charge < -0.3 is 14.0 Å². The summed E-state index contributed by atoms with van der Waals surface area (Å²) in [6, 6.07) is 10.1. The number of benzene rings is 1. The van der Waals surface area contributed by atoms with Crippen LogP contribution in [0.25, 0.3) is 0 Å². The topological polar surface area (TPSA) is 81.8 Å². The summed E-state index contributed by atoms with van der Waals surface area (Å²) in [7, 11) is 3.22. The second kappa shape index (κ2) is 8.95. The van der Waals surface area contributed by atoms with Gasteiger partial charge in [-0.2, -0.15) is 5.10 Å². The quantitative estimate of drug-likeness (QED) is 0.461. The number of carbonyl (C=O) groups is 1. The highest BCUT2D eigenvalue weighted by molar-refractivity contribution is 7.99. The van der Waals surface area contributed by atoms with E-state index in [0.717, 1.165) is 34.2 Å². The predicted molar refractivity (Wildman–Crippen MR) is 124 cm³/mol. The zero-order chi connectivity index (χ0) is 22.1. The number of amides is 1. The number of hydrogen-bond acceptors (Lipinski definition) is 8. The molecule has 1 aliphatic heterocycles. The zero-order valence-corrected chi connectivity index (χ0v) is 19.4. The summed E-state index contributed by atoms with van der Waals surface area (Å²) in [4.78, 5) is 14.4. The highest BCUT2D eigenvalue weighted by Gasteiger charge is 2.34. The molecule has 3 aromatic rings. The Labute approximate surface area is 194 Å². The highest BCUT2D eigenvalue weighted by Crippen LogP contribution is 2.39.